The summed E-state index contributed by atoms with van der Waals surface area (Å²) < 4.78 is 5.09. The van der Waals surface area contributed by atoms with Gasteiger partial charge in [0.05, 0.1) is 25.7 Å². The highest BCUT2D eigenvalue weighted by Gasteiger charge is 2.35. The third-order valence-electron chi connectivity index (χ3n) is 4.57. The molecule has 2 aromatic rings. The molecule has 6 heteroatoms. The molecule has 0 radical (unpaired) electrons. The van der Waals surface area contributed by atoms with E-state index < -0.39 is 0 Å². The smallest absolute Gasteiger partial charge is 0.224 e. The fourth-order valence-electron chi connectivity index (χ4n) is 3.11. The summed E-state index contributed by atoms with van der Waals surface area (Å²) in [6.07, 6.45) is 2.98. The lowest BCUT2D eigenvalue weighted by Crippen LogP contribution is -2.42. The van der Waals surface area contributed by atoms with Gasteiger partial charge < -0.3 is 15.2 Å². The maximum Gasteiger partial charge on any atom is 0.224 e. The number of methoxy groups -OCH3 is 1. The minimum Gasteiger partial charge on any atom is -0.481 e. The second kappa shape index (κ2) is 7.85. The van der Waals surface area contributed by atoms with Crippen molar-refractivity contribution in [1.82, 2.24) is 10.3 Å². The molecule has 1 aliphatic rings. The average Bonchev–Trinajstić information content (AvgIpc) is 2.59. The SMILES string of the molecule is COc1ccc([C@@H](NC(=O)Cc2ccccc2Cl)C2CC(O)C2)cn1. The molecule has 0 aliphatic heterocycles. The lowest BCUT2D eigenvalue weighted by Gasteiger charge is -2.38. The molecule has 3 rings (SSSR count). The molecule has 25 heavy (non-hydrogen) atoms. The van der Waals surface area contributed by atoms with Crippen LogP contribution in [0.5, 0.6) is 5.88 Å². The van der Waals surface area contributed by atoms with Crippen molar-refractivity contribution < 1.29 is 14.6 Å². The number of aliphatic hydroxyl groups excluding tert-OH is 1. The third-order valence-corrected chi connectivity index (χ3v) is 4.94. The number of carbonyl (C=O) groups is 1. The highest BCUT2D eigenvalue weighted by Crippen LogP contribution is 2.38. The van der Waals surface area contributed by atoms with E-state index in [-0.39, 0.29) is 30.4 Å². The van der Waals surface area contributed by atoms with E-state index in [0.29, 0.717) is 23.7 Å². The summed E-state index contributed by atoms with van der Waals surface area (Å²) in [7, 11) is 1.56. The fourth-order valence-corrected chi connectivity index (χ4v) is 3.31. The first-order valence-electron chi connectivity index (χ1n) is 8.27. The number of rotatable bonds is 6. The number of halogens is 1. The van der Waals surface area contributed by atoms with Gasteiger partial charge in [0.2, 0.25) is 11.8 Å². The number of hydrogen-bond acceptors (Lipinski definition) is 4. The van der Waals surface area contributed by atoms with Crippen molar-refractivity contribution in [2.75, 3.05) is 7.11 Å². The molecular weight excluding hydrogens is 340 g/mol. The summed E-state index contributed by atoms with van der Waals surface area (Å²) in [6, 6.07) is 10.8. The Hall–Kier alpha value is -2.11. The first kappa shape index (κ1) is 17.7. The maximum atomic E-state index is 12.5. The summed E-state index contributed by atoms with van der Waals surface area (Å²) >= 11 is 6.14. The number of benzene rings is 1. The Morgan fingerprint density at radius 3 is 2.72 bits per heavy atom. The van der Waals surface area contributed by atoms with Crippen LogP contribution in [-0.4, -0.2) is 29.2 Å². The molecule has 1 aliphatic carbocycles. The first-order valence-corrected chi connectivity index (χ1v) is 8.65. The van der Waals surface area contributed by atoms with E-state index in [1.165, 1.54) is 0 Å². The van der Waals surface area contributed by atoms with Crippen LogP contribution in [0.2, 0.25) is 5.02 Å². The van der Waals surface area contributed by atoms with Crippen molar-refractivity contribution in [2.24, 2.45) is 5.92 Å². The molecule has 1 fully saturated rings. The predicted molar refractivity (Wildman–Crippen MR) is 95.6 cm³/mol. The van der Waals surface area contributed by atoms with Crippen molar-refractivity contribution >= 4 is 17.5 Å². The number of nitrogens with one attached hydrogen (secondary N) is 1. The Bertz CT molecular complexity index is 730. The molecule has 0 unspecified atom stereocenters. The van der Waals surface area contributed by atoms with Gasteiger partial charge in [0.25, 0.3) is 0 Å². The summed E-state index contributed by atoms with van der Waals surface area (Å²) in [5.41, 5.74) is 1.70. The zero-order valence-electron chi connectivity index (χ0n) is 14.0. The Morgan fingerprint density at radius 1 is 1.36 bits per heavy atom. The topological polar surface area (TPSA) is 71.5 Å². The normalized spacial score (nSPS) is 20.4. The molecule has 1 heterocycles. The molecule has 0 bridgehead atoms. The van der Waals surface area contributed by atoms with Gasteiger partial charge in [-0.25, -0.2) is 4.98 Å². The quantitative estimate of drug-likeness (QED) is 0.830. The van der Waals surface area contributed by atoms with E-state index >= 15 is 0 Å². The van der Waals surface area contributed by atoms with Gasteiger partial charge in [-0.2, -0.15) is 0 Å². The van der Waals surface area contributed by atoms with Gasteiger partial charge in [0, 0.05) is 17.3 Å². The lowest BCUT2D eigenvalue weighted by molar-refractivity contribution is -0.122. The van der Waals surface area contributed by atoms with E-state index in [9.17, 15) is 9.90 Å². The van der Waals surface area contributed by atoms with E-state index in [4.69, 9.17) is 16.3 Å². The minimum absolute atomic E-state index is 0.102. The Morgan fingerprint density at radius 2 is 2.12 bits per heavy atom. The number of aliphatic hydroxyl groups is 1. The molecule has 0 spiro atoms. The van der Waals surface area contributed by atoms with Gasteiger partial charge >= 0.3 is 0 Å². The standard InChI is InChI=1S/C19H21ClN2O3/c1-25-18-7-6-13(11-21-18)19(14-8-15(23)9-14)22-17(24)10-12-4-2-3-5-16(12)20/h2-7,11,14-15,19,23H,8-10H2,1H3,(H,22,24)/t14?,15?,19-/m1/s1. The number of ether oxygens (including phenoxy) is 1. The van der Waals surface area contributed by atoms with Crippen LogP contribution >= 0.6 is 11.6 Å². The molecule has 1 aromatic carbocycles. The van der Waals surface area contributed by atoms with Crippen LogP contribution in [0, 0.1) is 5.92 Å². The molecule has 5 nitrogen and oxygen atoms in total. The largest absolute Gasteiger partial charge is 0.481 e. The molecule has 132 valence electrons. The molecular formula is C19H21ClN2O3. The van der Waals surface area contributed by atoms with Crippen LogP contribution in [0.4, 0.5) is 0 Å². The summed E-state index contributed by atoms with van der Waals surface area (Å²) in [4.78, 5) is 16.7. The van der Waals surface area contributed by atoms with Crippen LogP contribution in [0.25, 0.3) is 0 Å². The molecule has 2 N–H and O–H groups in total. The van der Waals surface area contributed by atoms with Gasteiger partial charge in [-0.1, -0.05) is 35.9 Å². The van der Waals surface area contributed by atoms with Crippen molar-refractivity contribution in [2.45, 2.75) is 31.4 Å². The van der Waals surface area contributed by atoms with E-state index in [2.05, 4.69) is 10.3 Å². The van der Waals surface area contributed by atoms with E-state index in [1.807, 2.05) is 24.3 Å². The van der Waals surface area contributed by atoms with Gasteiger partial charge in [-0.15, -0.1) is 0 Å². The number of amides is 1. The number of aromatic nitrogens is 1. The number of pyridine rings is 1. The summed E-state index contributed by atoms with van der Waals surface area (Å²) in [5, 5.41) is 13.3. The molecule has 0 saturated heterocycles. The molecule has 1 atom stereocenters. The zero-order chi connectivity index (χ0) is 17.8. The molecule has 1 saturated carbocycles. The van der Waals surface area contributed by atoms with Crippen LogP contribution in [0.3, 0.4) is 0 Å². The monoisotopic (exact) mass is 360 g/mol. The Labute approximate surface area is 152 Å². The average molecular weight is 361 g/mol. The second-order valence-corrected chi connectivity index (χ2v) is 6.74. The lowest BCUT2D eigenvalue weighted by atomic mass is 9.75. The van der Waals surface area contributed by atoms with Crippen LogP contribution in [-0.2, 0) is 11.2 Å². The van der Waals surface area contributed by atoms with Crippen molar-refractivity contribution in [3.63, 3.8) is 0 Å². The fraction of sp³-hybridized carbons (Fsp3) is 0.368. The number of nitrogens with zero attached hydrogens (tertiary/aromatic N) is 1. The Balaban J connectivity index is 1.73. The Kier molecular flexibility index (Phi) is 5.56. The predicted octanol–water partition coefficient (Wildman–Crippen LogP) is 2.91. The van der Waals surface area contributed by atoms with E-state index in [1.54, 1.807) is 25.4 Å². The van der Waals surface area contributed by atoms with Crippen LogP contribution in [0.15, 0.2) is 42.6 Å². The molecule has 1 amide bonds. The van der Waals surface area contributed by atoms with Crippen molar-refractivity contribution in [1.29, 1.82) is 0 Å². The van der Waals surface area contributed by atoms with Crippen LogP contribution in [0.1, 0.15) is 30.0 Å². The van der Waals surface area contributed by atoms with Crippen molar-refractivity contribution in [3.05, 3.63) is 58.7 Å². The summed E-state index contributed by atoms with van der Waals surface area (Å²) in [5.74, 6) is 0.620. The minimum atomic E-state index is -0.292. The second-order valence-electron chi connectivity index (χ2n) is 6.33. The van der Waals surface area contributed by atoms with Gasteiger partial charge in [0.15, 0.2) is 0 Å². The maximum absolute atomic E-state index is 12.5. The van der Waals surface area contributed by atoms with Gasteiger partial charge in [-0.05, 0) is 36.0 Å². The highest BCUT2D eigenvalue weighted by molar-refractivity contribution is 6.31. The van der Waals surface area contributed by atoms with Crippen molar-refractivity contribution in [3.8, 4) is 5.88 Å². The first-order chi connectivity index (χ1) is 12.1. The molecule has 1 aromatic heterocycles. The number of carbonyl (C=O) groups excluding carboxylic acids is 1. The zero-order valence-corrected chi connectivity index (χ0v) is 14.7. The number of hydrogen-bond donors (Lipinski definition) is 2. The third kappa shape index (κ3) is 4.30. The highest BCUT2D eigenvalue weighted by atomic mass is 35.5. The van der Waals surface area contributed by atoms with Gasteiger partial charge in [-0.3, -0.25) is 4.79 Å². The van der Waals surface area contributed by atoms with Crippen LogP contribution < -0.4 is 10.1 Å². The van der Waals surface area contributed by atoms with Gasteiger partial charge in [0.1, 0.15) is 0 Å². The summed E-state index contributed by atoms with van der Waals surface area (Å²) in [6.45, 7) is 0. The van der Waals surface area contributed by atoms with E-state index in [0.717, 1.165) is 11.1 Å².